The van der Waals surface area contributed by atoms with Crippen LogP contribution in [-0.2, 0) is 10.0 Å². The Bertz CT molecular complexity index is 567. The summed E-state index contributed by atoms with van der Waals surface area (Å²) >= 11 is 12.2. The number of hydrogen-bond donors (Lipinski definition) is 1. The molecule has 1 N–H and O–H groups in total. The van der Waals surface area contributed by atoms with E-state index in [-0.39, 0.29) is 16.0 Å². The fourth-order valence-corrected chi connectivity index (χ4v) is 4.97. The molecule has 1 aromatic rings. The molecule has 1 fully saturated rings. The van der Waals surface area contributed by atoms with Crippen molar-refractivity contribution < 1.29 is 8.42 Å². The van der Waals surface area contributed by atoms with Crippen molar-refractivity contribution in [2.24, 2.45) is 0 Å². The van der Waals surface area contributed by atoms with Crippen molar-refractivity contribution >= 4 is 33.2 Å². The Kier molecular flexibility index (Phi) is 4.45. The van der Waals surface area contributed by atoms with Crippen molar-refractivity contribution in [3.63, 3.8) is 0 Å². The first-order valence-electron chi connectivity index (χ1n) is 6.30. The quantitative estimate of drug-likeness (QED) is 0.919. The van der Waals surface area contributed by atoms with E-state index in [1.54, 1.807) is 19.9 Å². The predicted molar refractivity (Wildman–Crippen MR) is 78.5 cm³/mol. The summed E-state index contributed by atoms with van der Waals surface area (Å²) in [5.41, 5.74) is 1.17. The van der Waals surface area contributed by atoms with Gasteiger partial charge in [-0.25, -0.2) is 13.1 Å². The Labute approximate surface area is 124 Å². The smallest absolute Gasteiger partial charge is 0.208 e. The van der Waals surface area contributed by atoms with Gasteiger partial charge in [-0.1, -0.05) is 36.0 Å². The van der Waals surface area contributed by atoms with E-state index in [4.69, 9.17) is 23.2 Å². The molecular formula is C13H17Cl2NO2S. The van der Waals surface area contributed by atoms with E-state index >= 15 is 0 Å². The second-order valence-electron chi connectivity index (χ2n) is 5.05. The number of sulfonamides is 1. The third-order valence-electron chi connectivity index (χ3n) is 3.53. The first-order valence-corrected chi connectivity index (χ1v) is 8.54. The van der Waals surface area contributed by atoms with Crippen LogP contribution >= 0.6 is 23.2 Å². The molecule has 1 aliphatic rings. The molecular weight excluding hydrogens is 305 g/mol. The molecule has 1 aromatic carbocycles. The Morgan fingerprint density at radius 2 is 1.79 bits per heavy atom. The van der Waals surface area contributed by atoms with Crippen LogP contribution in [0.1, 0.15) is 36.8 Å². The Morgan fingerprint density at radius 3 is 2.37 bits per heavy atom. The van der Waals surface area contributed by atoms with Crippen LogP contribution in [0.15, 0.2) is 11.0 Å². The van der Waals surface area contributed by atoms with Gasteiger partial charge in [0.2, 0.25) is 10.0 Å². The van der Waals surface area contributed by atoms with Crippen LogP contribution in [0.2, 0.25) is 10.0 Å². The maximum Gasteiger partial charge on any atom is 0.242 e. The van der Waals surface area contributed by atoms with Gasteiger partial charge in [-0.3, -0.25) is 0 Å². The highest BCUT2D eigenvalue weighted by Gasteiger charge is 2.27. The predicted octanol–water partition coefficient (Wildman–Crippen LogP) is 3.83. The summed E-state index contributed by atoms with van der Waals surface area (Å²) in [4.78, 5) is 0.117. The van der Waals surface area contributed by atoms with E-state index in [9.17, 15) is 8.42 Å². The molecule has 19 heavy (non-hydrogen) atoms. The van der Waals surface area contributed by atoms with Crippen LogP contribution in [0.5, 0.6) is 0 Å². The van der Waals surface area contributed by atoms with Gasteiger partial charge in [0, 0.05) is 11.1 Å². The fraction of sp³-hybridized carbons (Fsp3) is 0.538. The molecule has 0 radical (unpaired) electrons. The van der Waals surface area contributed by atoms with E-state index < -0.39 is 10.0 Å². The van der Waals surface area contributed by atoms with Gasteiger partial charge >= 0.3 is 0 Å². The van der Waals surface area contributed by atoms with E-state index in [0.717, 1.165) is 25.7 Å². The van der Waals surface area contributed by atoms with Gasteiger partial charge < -0.3 is 0 Å². The van der Waals surface area contributed by atoms with Crippen molar-refractivity contribution in [2.75, 3.05) is 0 Å². The minimum absolute atomic E-state index is 0.0137. The minimum Gasteiger partial charge on any atom is -0.208 e. The lowest BCUT2D eigenvalue weighted by Crippen LogP contribution is -2.33. The summed E-state index contributed by atoms with van der Waals surface area (Å²) in [5, 5.41) is 0.682. The monoisotopic (exact) mass is 321 g/mol. The Balaban J connectivity index is 2.45. The van der Waals surface area contributed by atoms with Crippen LogP contribution in [0.25, 0.3) is 0 Å². The largest absolute Gasteiger partial charge is 0.242 e. The third kappa shape index (κ3) is 3.07. The maximum absolute atomic E-state index is 12.5. The van der Waals surface area contributed by atoms with Gasteiger partial charge in [-0.05, 0) is 43.9 Å². The van der Waals surface area contributed by atoms with Gasteiger partial charge in [-0.15, -0.1) is 0 Å². The SMILES string of the molecule is Cc1cc(Cl)c(C)c(S(=O)(=O)NC2CCCC2)c1Cl. The van der Waals surface area contributed by atoms with Crippen molar-refractivity contribution in [3.8, 4) is 0 Å². The number of nitrogens with one attached hydrogen (secondary N) is 1. The average Bonchev–Trinajstić information content (AvgIpc) is 2.78. The summed E-state index contributed by atoms with van der Waals surface area (Å²) < 4.78 is 27.7. The Hall–Kier alpha value is -0.290. The molecule has 0 atom stereocenters. The fourth-order valence-electron chi connectivity index (χ4n) is 2.46. The van der Waals surface area contributed by atoms with Gasteiger partial charge in [0.15, 0.2) is 0 Å². The standard InChI is InChI=1S/C13H17Cl2NO2S/c1-8-7-11(14)9(2)13(12(8)15)19(17,18)16-10-5-3-4-6-10/h7,10,16H,3-6H2,1-2H3. The molecule has 3 nitrogen and oxygen atoms in total. The highest BCUT2D eigenvalue weighted by molar-refractivity contribution is 7.89. The van der Waals surface area contributed by atoms with E-state index in [1.165, 1.54) is 0 Å². The highest BCUT2D eigenvalue weighted by Crippen LogP contribution is 2.34. The lowest BCUT2D eigenvalue weighted by Gasteiger charge is -2.17. The topological polar surface area (TPSA) is 46.2 Å². The van der Waals surface area contributed by atoms with Crippen molar-refractivity contribution in [2.45, 2.75) is 50.5 Å². The van der Waals surface area contributed by atoms with Crippen LogP contribution < -0.4 is 4.72 Å². The summed E-state index contributed by atoms with van der Waals surface area (Å²) in [6.45, 7) is 3.43. The molecule has 0 bridgehead atoms. The summed E-state index contributed by atoms with van der Waals surface area (Å²) in [6.07, 6.45) is 3.90. The zero-order valence-corrected chi connectivity index (χ0v) is 13.3. The van der Waals surface area contributed by atoms with Gasteiger partial charge in [0.05, 0.1) is 5.02 Å². The lowest BCUT2D eigenvalue weighted by molar-refractivity contribution is 0.551. The van der Waals surface area contributed by atoms with Crippen LogP contribution in [0, 0.1) is 13.8 Å². The van der Waals surface area contributed by atoms with Crippen molar-refractivity contribution in [1.82, 2.24) is 4.72 Å². The highest BCUT2D eigenvalue weighted by atomic mass is 35.5. The maximum atomic E-state index is 12.5. The second kappa shape index (κ2) is 5.60. The molecule has 6 heteroatoms. The third-order valence-corrected chi connectivity index (χ3v) is 6.22. The number of halogens is 2. The molecule has 106 valence electrons. The van der Waals surface area contributed by atoms with Gasteiger partial charge in [-0.2, -0.15) is 0 Å². The number of benzene rings is 1. The number of rotatable bonds is 3. The van der Waals surface area contributed by atoms with E-state index in [0.29, 0.717) is 16.1 Å². The first kappa shape index (κ1) is 15.1. The number of aryl methyl sites for hydroxylation is 1. The zero-order chi connectivity index (χ0) is 14.2. The molecule has 0 aromatic heterocycles. The molecule has 0 spiro atoms. The van der Waals surface area contributed by atoms with Crippen molar-refractivity contribution in [3.05, 3.63) is 27.2 Å². The second-order valence-corrected chi connectivity index (χ2v) is 7.48. The molecule has 0 saturated heterocycles. The lowest BCUT2D eigenvalue weighted by atomic mass is 10.2. The molecule has 0 amide bonds. The van der Waals surface area contributed by atoms with Crippen molar-refractivity contribution in [1.29, 1.82) is 0 Å². The van der Waals surface area contributed by atoms with Gasteiger partial charge in [0.1, 0.15) is 4.90 Å². The molecule has 0 unspecified atom stereocenters. The van der Waals surface area contributed by atoms with E-state index in [1.807, 2.05) is 0 Å². The summed E-state index contributed by atoms with van der Waals surface area (Å²) in [7, 11) is -3.62. The van der Waals surface area contributed by atoms with E-state index in [2.05, 4.69) is 4.72 Å². The van der Waals surface area contributed by atoms with Gasteiger partial charge in [0.25, 0.3) is 0 Å². The van der Waals surface area contributed by atoms with Crippen LogP contribution in [-0.4, -0.2) is 14.5 Å². The summed E-state index contributed by atoms with van der Waals surface area (Å²) in [5.74, 6) is 0. The van der Waals surface area contributed by atoms with Crippen LogP contribution in [0.4, 0.5) is 0 Å². The minimum atomic E-state index is -3.62. The zero-order valence-electron chi connectivity index (χ0n) is 11.0. The summed E-state index contributed by atoms with van der Waals surface area (Å²) in [6, 6.07) is 1.70. The molecule has 1 saturated carbocycles. The normalized spacial score (nSPS) is 17.1. The molecule has 2 rings (SSSR count). The first-order chi connectivity index (χ1) is 8.83. The average molecular weight is 322 g/mol. The molecule has 1 aliphatic carbocycles. The Morgan fingerprint density at radius 1 is 1.21 bits per heavy atom. The molecule has 0 aliphatic heterocycles. The number of hydrogen-bond acceptors (Lipinski definition) is 2. The van der Waals surface area contributed by atoms with Crippen LogP contribution in [0.3, 0.4) is 0 Å². The molecule has 0 heterocycles.